The molecule has 3 rings (SSSR count). The van der Waals surface area contributed by atoms with Crippen LogP contribution in [0.2, 0.25) is 0 Å². The molecule has 0 amide bonds. The van der Waals surface area contributed by atoms with Crippen molar-refractivity contribution in [3.05, 3.63) is 36.0 Å². The van der Waals surface area contributed by atoms with Gasteiger partial charge in [-0.25, -0.2) is 0 Å². The van der Waals surface area contributed by atoms with Gasteiger partial charge in [-0.1, -0.05) is 19.1 Å². The molecule has 0 spiro atoms. The fourth-order valence-electron chi connectivity index (χ4n) is 1.86. The molecule has 0 unspecified atom stereocenters. The van der Waals surface area contributed by atoms with E-state index in [9.17, 15) is 0 Å². The summed E-state index contributed by atoms with van der Waals surface area (Å²) in [5.41, 5.74) is 0. The van der Waals surface area contributed by atoms with Crippen LogP contribution < -0.4 is 9.47 Å². The first kappa shape index (κ1) is 13.0. The van der Waals surface area contributed by atoms with E-state index < -0.39 is 0 Å². The van der Waals surface area contributed by atoms with E-state index in [1.54, 1.807) is 0 Å². The minimum Gasteiger partial charge on any atom is -0.490 e. The normalized spacial score (nSPS) is 14.2. The van der Waals surface area contributed by atoms with Gasteiger partial charge in [0.15, 0.2) is 18.1 Å². The van der Waals surface area contributed by atoms with Gasteiger partial charge in [0.2, 0.25) is 5.89 Å². The summed E-state index contributed by atoms with van der Waals surface area (Å²) in [5, 5.41) is 8.04. The first-order valence-electron chi connectivity index (χ1n) is 7.03. The summed E-state index contributed by atoms with van der Waals surface area (Å²) in [7, 11) is 0. The Labute approximate surface area is 117 Å². The molecule has 0 N–H and O–H groups in total. The Morgan fingerprint density at radius 1 is 1.15 bits per heavy atom. The van der Waals surface area contributed by atoms with Crippen molar-refractivity contribution < 1.29 is 13.9 Å². The van der Waals surface area contributed by atoms with Crippen molar-refractivity contribution in [1.29, 1.82) is 0 Å². The van der Waals surface area contributed by atoms with Crippen LogP contribution in [0.15, 0.2) is 28.7 Å². The van der Waals surface area contributed by atoms with E-state index in [2.05, 4.69) is 17.1 Å². The lowest BCUT2D eigenvalue weighted by Crippen LogP contribution is -2.00. The Morgan fingerprint density at radius 2 is 1.90 bits per heavy atom. The highest BCUT2D eigenvalue weighted by molar-refractivity contribution is 5.39. The maximum Gasteiger partial charge on any atom is 0.253 e. The van der Waals surface area contributed by atoms with Crippen LogP contribution in [-0.4, -0.2) is 16.8 Å². The highest BCUT2D eigenvalue weighted by atomic mass is 16.5. The second-order valence-electron chi connectivity index (χ2n) is 4.89. The molecule has 20 heavy (non-hydrogen) atoms. The minimum absolute atomic E-state index is 0.270. The molecular weight excluding hydrogens is 256 g/mol. The molecule has 5 nitrogen and oxygen atoms in total. The lowest BCUT2D eigenvalue weighted by Gasteiger charge is -2.10. The summed E-state index contributed by atoms with van der Waals surface area (Å²) in [6.07, 6.45) is 3.26. The third kappa shape index (κ3) is 3.10. The number of aromatic nitrogens is 2. The molecule has 1 aromatic carbocycles. The molecule has 0 aliphatic heterocycles. The number of hydrogen-bond donors (Lipinski definition) is 0. The number of ether oxygens (including phenoxy) is 2. The molecule has 1 heterocycles. The molecule has 0 radical (unpaired) electrons. The van der Waals surface area contributed by atoms with Crippen LogP contribution >= 0.6 is 0 Å². The first-order valence-corrected chi connectivity index (χ1v) is 7.03. The second-order valence-corrected chi connectivity index (χ2v) is 4.89. The van der Waals surface area contributed by atoms with Gasteiger partial charge in [0, 0.05) is 5.92 Å². The third-order valence-corrected chi connectivity index (χ3v) is 3.07. The third-order valence-electron chi connectivity index (χ3n) is 3.07. The van der Waals surface area contributed by atoms with Gasteiger partial charge < -0.3 is 13.9 Å². The van der Waals surface area contributed by atoms with Crippen molar-refractivity contribution in [2.45, 2.75) is 38.7 Å². The van der Waals surface area contributed by atoms with Crippen LogP contribution in [0.3, 0.4) is 0 Å². The van der Waals surface area contributed by atoms with Crippen LogP contribution in [0.5, 0.6) is 11.5 Å². The standard InChI is InChI=1S/C15H18N2O3/c1-2-9-18-12-5-3-4-6-13(12)19-10-14-16-17-15(20-14)11-7-8-11/h3-6,11H,2,7-10H2,1H3. The van der Waals surface area contributed by atoms with Crippen molar-refractivity contribution in [1.82, 2.24) is 10.2 Å². The molecule has 5 heteroatoms. The topological polar surface area (TPSA) is 57.4 Å². The van der Waals surface area contributed by atoms with E-state index in [1.807, 2.05) is 24.3 Å². The maximum atomic E-state index is 5.71. The Balaban J connectivity index is 1.61. The molecule has 0 atom stereocenters. The molecular formula is C15H18N2O3. The van der Waals surface area contributed by atoms with E-state index in [0.717, 1.165) is 30.9 Å². The monoisotopic (exact) mass is 274 g/mol. The Morgan fingerprint density at radius 3 is 2.60 bits per heavy atom. The highest BCUT2D eigenvalue weighted by Gasteiger charge is 2.29. The molecule has 1 saturated carbocycles. The Kier molecular flexibility index (Phi) is 3.85. The van der Waals surface area contributed by atoms with Gasteiger partial charge in [-0.2, -0.15) is 0 Å². The van der Waals surface area contributed by atoms with E-state index in [-0.39, 0.29) is 6.61 Å². The SMILES string of the molecule is CCCOc1ccccc1OCc1nnc(C2CC2)o1. The largest absolute Gasteiger partial charge is 0.490 e. The van der Waals surface area contributed by atoms with Crippen molar-refractivity contribution in [3.8, 4) is 11.5 Å². The number of benzene rings is 1. The zero-order valence-corrected chi connectivity index (χ0v) is 11.5. The Hall–Kier alpha value is -2.04. The molecule has 1 aliphatic carbocycles. The van der Waals surface area contributed by atoms with Crippen LogP contribution in [0.4, 0.5) is 0 Å². The van der Waals surface area contributed by atoms with Crippen LogP contribution in [0, 0.1) is 0 Å². The minimum atomic E-state index is 0.270. The van der Waals surface area contributed by atoms with Crippen LogP contribution in [0.25, 0.3) is 0 Å². The number of rotatable bonds is 7. The average Bonchev–Trinajstić information content (AvgIpc) is 3.23. The smallest absolute Gasteiger partial charge is 0.253 e. The fourth-order valence-corrected chi connectivity index (χ4v) is 1.86. The molecule has 2 aromatic rings. The zero-order valence-electron chi connectivity index (χ0n) is 11.5. The molecule has 106 valence electrons. The maximum absolute atomic E-state index is 5.71. The first-order chi connectivity index (χ1) is 9.86. The predicted molar refractivity (Wildman–Crippen MR) is 72.8 cm³/mol. The van der Waals surface area contributed by atoms with Gasteiger partial charge in [0.1, 0.15) is 0 Å². The van der Waals surface area contributed by atoms with Gasteiger partial charge in [0.05, 0.1) is 6.61 Å². The van der Waals surface area contributed by atoms with Gasteiger partial charge in [-0.15, -0.1) is 10.2 Å². The molecule has 1 aromatic heterocycles. The van der Waals surface area contributed by atoms with Gasteiger partial charge in [-0.3, -0.25) is 0 Å². The molecule has 1 aliphatic rings. The van der Waals surface area contributed by atoms with Crippen molar-refractivity contribution in [2.75, 3.05) is 6.61 Å². The predicted octanol–water partition coefficient (Wildman–Crippen LogP) is 3.31. The van der Waals surface area contributed by atoms with E-state index in [0.29, 0.717) is 24.2 Å². The molecule has 0 saturated heterocycles. The summed E-state index contributed by atoms with van der Waals surface area (Å²) >= 11 is 0. The summed E-state index contributed by atoms with van der Waals surface area (Å²) in [6.45, 7) is 3.01. The highest BCUT2D eigenvalue weighted by Crippen LogP contribution is 2.39. The zero-order chi connectivity index (χ0) is 13.8. The average molecular weight is 274 g/mol. The quantitative estimate of drug-likeness (QED) is 0.775. The second kappa shape index (κ2) is 5.94. The molecule has 0 bridgehead atoms. The van der Waals surface area contributed by atoms with Crippen LogP contribution in [-0.2, 0) is 6.61 Å². The number of hydrogen-bond acceptors (Lipinski definition) is 5. The summed E-state index contributed by atoms with van der Waals surface area (Å²) in [4.78, 5) is 0. The number of para-hydroxylation sites is 2. The van der Waals surface area contributed by atoms with E-state index >= 15 is 0 Å². The number of nitrogens with zero attached hydrogens (tertiary/aromatic N) is 2. The van der Waals surface area contributed by atoms with Crippen molar-refractivity contribution >= 4 is 0 Å². The summed E-state index contributed by atoms with van der Waals surface area (Å²) < 4.78 is 16.9. The lowest BCUT2D eigenvalue weighted by atomic mass is 10.3. The Bertz CT molecular complexity index is 564. The molecule has 1 fully saturated rings. The fraction of sp³-hybridized carbons (Fsp3) is 0.467. The van der Waals surface area contributed by atoms with Crippen LogP contribution in [0.1, 0.15) is 43.9 Å². The van der Waals surface area contributed by atoms with Crippen molar-refractivity contribution in [2.24, 2.45) is 0 Å². The lowest BCUT2D eigenvalue weighted by molar-refractivity contribution is 0.236. The van der Waals surface area contributed by atoms with Gasteiger partial charge >= 0.3 is 0 Å². The van der Waals surface area contributed by atoms with Crippen molar-refractivity contribution in [3.63, 3.8) is 0 Å². The van der Waals surface area contributed by atoms with E-state index in [1.165, 1.54) is 0 Å². The van der Waals surface area contributed by atoms with E-state index in [4.69, 9.17) is 13.9 Å². The van der Waals surface area contributed by atoms with Gasteiger partial charge in [-0.05, 0) is 31.4 Å². The summed E-state index contributed by atoms with van der Waals surface area (Å²) in [5.74, 6) is 3.16. The van der Waals surface area contributed by atoms with Gasteiger partial charge in [0.25, 0.3) is 5.89 Å². The summed E-state index contributed by atoms with van der Waals surface area (Å²) in [6, 6.07) is 7.62.